The van der Waals surface area contributed by atoms with E-state index < -0.39 is 5.41 Å². The quantitative estimate of drug-likeness (QED) is 0.861. The summed E-state index contributed by atoms with van der Waals surface area (Å²) in [6.45, 7) is 1.88. The Balaban J connectivity index is 1.89. The molecule has 2 nitrogen and oxygen atoms in total. The van der Waals surface area contributed by atoms with Crippen molar-refractivity contribution in [1.29, 1.82) is 0 Å². The van der Waals surface area contributed by atoms with E-state index in [0.29, 0.717) is 5.02 Å². The van der Waals surface area contributed by atoms with Crippen molar-refractivity contribution in [3.8, 4) is 0 Å². The van der Waals surface area contributed by atoms with Crippen molar-refractivity contribution in [2.75, 3.05) is 5.32 Å². The van der Waals surface area contributed by atoms with E-state index in [1.54, 1.807) is 18.2 Å². The van der Waals surface area contributed by atoms with E-state index in [2.05, 4.69) is 5.32 Å². The lowest BCUT2D eigenvalue weighted by Gasteiger charge is -2.40. The minimum absolute atomic E-state index is 0.0456. The Morgan fingerprint density at radius 3 is 2.45 bits per heavy atom. The molecule has 4 heteroatoms. The van der Waals surface area contributed by atoms with Crippen LogP contribution in [0.1, 0.15) is 30.4 Å². The Morgan fingerprint density at radius 2 is 1.86 bits per heavy atom. The van der Waals surface area contributed by atoms with Crippen molar-refractivity contribution in [3.63, 3.8) is 0 Å². The Kier molecular flexibility index (Phi) is 3.92. The summed E-state index contributed by atoms with van der Waals surface area (Å²) in [6, 6.07) is 11.7. The number of amides is 1. The molecule has 3 rings (SSSR count). The van der Waals surface area contributed by atoms with Crippen LogP contribution >= 0.6 is 11.6 Å². The first-order valence-electron chi connectivity index (χ1n) is 7.35. The highest BCUT2D eigenvalue weighted by atomic mass is 35.5. The molecule has 1 saturated carbocycles. The summed E-state index contributed by atoms with van der Waals surface area (Å²) < 4.78 is 13.1. The van der Waals surface area contributed by atoms with Gasteiger partial charge in [0.05, 0.1) is 5.41 Å². The van der Waals surface area contributed by atoms with Gasteiger partial charge >= 0.3 is 0 Å². The fourth-order valence-corrected chi connectivity index (χ4v) is 3.11. The van der Waals surface area contributed by atoms with Crippen LogP contribution in [0.25, 0.3) is 0 Å². The topological polar surface area (TPSA) is 29.1 Å². The Hall–Kier alpha value is -1.87. The third-order valence-electron chi connectivity index (χ3n) is 4.55. The van der Waals surface area contributed by atoms with Crippen molar-refractivity contribution in [3.05, 3.63) is 64.4 Å². The van der Waals surface area contributed by atoms with E-state index >= 15 is 0 Å². The number of nitrogens with one attached hydrogen (secondary N) is 1. The highest BCUT2D eigenvalue weighted by Crippen LogP contribution is 2.44. The monoisotopic (exact) mass is 317 g/mol. The van der Waals surface area contributed by atoms with Crippen LogP contribution in [-0.4, -0.2) is 5.91 Å². The number of benzene rings is 2. The molecule has 114 valence electrons. The van der Waals surface area contributed by atoms with Gasteiger partial charge in [-0.25, -0.2) is 4.39 Å². The average molecular weight is 318 g/mol. The molecule has 0 atom stereocenters. The van der Waals surface area contributed by atoms with Gasteiger partial charge in [0.15, 0.2) is 0 Å². The van der Waals surface area contributed by atoms with Gasteiger partial charge in [-0.05, 0) is 55.2 Å². The van der Waals surface area contributed by atoms with Crippen LogP contribution in [0.5, 0.6) is 0 Å². The molecule has 0 spiro atoms. The van der Waals surface area contributed by atoms with E-state index in [0.717, 1.165) is 36.1 Å². The highest BCUT2D eigenvalue weighted by molar-refractivity contribution is 6.31. The highest BCUT2D eigenvalue weighted by Gasteiger charge is 2.45. The number of halogens is 2. The van der Waals surface area contributed by atoms with Gasteiger partial charge in [0, 0.05) is 10.7 Å². The minimum atomic E-state index is -0.553. The molecule has 0 unspecified atom stereocenters. The first-order chi connectivity index (χ1) is 10.5. The fraction of sp³-hybridized carbons (Fsp3) is 0.278. The molecule has 0 aromatic heterocycles. The zero-order chi connectivity index (χ0) is 15.7. The van der Waals surface area contributed by atoms with Gasteiger partial charge in [0.2, 0.25) is 5.91 Å². The van der Waals surface area contributed by atoms with Crippen LogP contribution in [0, 0.1) is 12.7 Å². The summed E-state index contributed by atoms with van der Waals surface area (Å²) in [7, 11) is 0. The predicted octanol–water partition coefficient (Wildman–Crippen LogP) is 4.85. The number of hydrogen-bond acceptors (Lipinski definition) is 1. The van der Waals surface area contributed by atoms with E-state index in [1.807, 2.05) is 19.1 Å². The molecule has 1 aliphatic rings. The van der Waals surface area contributed by atoms with Crippen molar-refractivity contribution in [2.24, 2.45) is 0 Å². The predicted molar refractivity (Wildman–Crippen MR) is 86.7 cm³/mol. The van der Waals surface area contributed by atoms with Crippen LogP contribution in [0.3, 0.4) is 0 Å². The molecular formula is C18H17ClFNO. The molecule has 0 heterocycles. The molecule has 1 N–H and O–H groups in total. The van der Waals surface area contributed by atoms with Gasteiger partial charge in [-0.3, -0.25) is 4.79 Å². The molecule has 1 aliphatic carbocycles. The number of rotatable bonds is 3. The molecule has 1 fully saturated rings. The molecule has 2 aromatic rings. The maximum absolute atomic E-state index is 13.1. The summed E-state index contributed by atoms with van der Waals surface area (Å²) in [5.74, 6) is -0.333. The summed E-state index contributed by atoms with van der Waals surface area (Å²) in [6.07, 6.45) is 2.56. The molecule has 0 bridgehead atoms. The summed E-state index contributed by atoms with van der Waals surface area (Å²) in [5, 5.41) is 3.62. The molecule has 22 heavy (non-hydrogen) atoms. The first-order valence-corrected chi connectivity index (χ1v) is 7.73. The maximum atomic E-state index is 13.1. The normalized spacial score (nSPS) is 16.0. The second-order valence-corrected chi connectivity index (χ2v) is 6.22. The lowest BCUT2D eigenvalue weighted by Crippen LogP contribution is -2.46. The van der Waals surface area contributed by atoms with Crippen molar-refractivity contribution in [1.82, 2.24) is 0 Å². The Labute approximate surface area is 134 Å². The average Bonchev–Trinajstić information content (AvgIpc) is 2.45. The van der Waals surface area contributed by atoms with Crippen LogP contribution in [0.2, 0.25) is 5.02 Å². The smallest absolute Gasteiger partial charge is 0.235 e. The van der Waals surface area contributed by atoms with Gasteiger partial charge in [-0.2, -0.15) is 0 Å². The molecule has 0 aliphatic heterocycles. The maximum Gasteiger partial charge on any atom is 0.235 e. The van der Waals surface area contributed by atoms with Crippen LogP contribution in [0.15, 0.2) is 42.5 Å². The number of anilines is 1. The number of carbonyl (C=O) groups is 1. The second-order valence-electron chi connectivity index (χ2n) is 5.81. The van der Waals surface area contributed by atoms with E-state index in [4.69, 9.17) is 11.6 Å². The summed E-state index contributed by atoms with van der Waals surface area (Å²) in [5.41, 5.74) is 1.90. The molecule has 0 radical (unpaired) electrons. The third kappa shape index (κ3) is 2.50. The zero-order valence-electron chi connectivity index (χ0n) is 12.3. The largest absolute Gasteiger partial charge is 0.325 e. The molecule has 0 saturated heterocycles. The lowest BCUT2D eigenvalue weighted by molar-refractivity contribution is -0.124. The van der Waals surface area contributed by atoms with E-state index in [9.17, 15) is 9.18 Å². The van der Waals surface area contributed by atoms with Crippen molar-refractivity contribution >= 4 is 23.2 Å². The van der Waals surface area contributed by atoms with Crippen molar-refractivity contribution in [2.45, 2.75) is 31.6 Å². The van der Waals surface area contributed by atoms with E-state index in [1.165, 1.54) is 12.1 Å². The van der Waals surface area contributed by atoms with Gasteiger partial charge < -0.3 is 5.32 Å². The van der Waals surface area contributed by atoms with Gasteiger partial charge in [0.25, 0.3) is 0 Å². The fourth-order valence-electron chi connectivity index (χ4n) is 2.93. The zero-order valence-corrected chi connectivity index (χ0v) is 13.1. The molecule has 1 amide bonds. The standard InChI is InChI=1S/C18H17ClFNO/c1-12-15(19)4-2-5-16(12)21-17(22)18(10-3-11-18)13-6-8-14(20)9-7-13/h2,4-9H,3,10-11H2,1H3,(H,21,22). The van der Waals surface area contributed by atoms with Gasteiger partial charge in [0.1, 0.15) is 5.82 Å². The Morgan fingerprint density at radius 1 is 1.18 bits per heavy atom. The number of hydrogen-bond donors (Lipinski definition) is 1. The Bertz CT molecular complexity index is 708. The van der Waals surface area contributed by atoms with E-state index in [-0.39, 0.29) is 11.7 Å². The third-order valence-corrected chi connectivity index (χ3v) is 4.96. The second kappa shape index (κ2) is 5.73. The summed E-state index contributed by atoms with van der Waals surface area (Å²) >= 11 is 6.10. The number of carbonyl (C=O) groups excluding carboxylic acids is 1. The van der Waals surface area contributed by atoms with Gasteiger partial charge in [-0.15, -0.1) is 0 Å². The van der Waals surface area contributed by atoms with Crippen LogP contribution in [0.4, 0.5) is 10.1 Å². The minimum Gasteiger partial charge on any atom is -0.325 e. The lowest BCUT2D eigenvalue weighted by atomic mass is 9.63. The first kappa shape index (κ1) is 15.0. The summed E-state index contributed by atoms with van der Waals surface area (Å²) in [4.78, 5) is 12.8. The van der Waals surface area contributed by atoms with Gasteiger partial charge in [-0.1, -0.05) is 36.2 Å². The van der Waals surface area contributed by atoms with Crippen molar-refractivity contribution < 1.29 is 9.18 Å². The van der Waals surface area contributed by atoms with Crippen LogP contribution in [-0.2, 0) is 10.2 Å². The molecule has 2 aromatic carbocycles. The van der Waals surface area contributed by atoms with Crippen LogP contribution < -0.4 is 5.32 Å². The molecular weight excluding hydrogens is 301 g/mol. The SMILES string of the molecule is Cc1c(Cl)cccc1NC(=O)C1(c2ccc(F)cc2)CCC1.